The molecule has 0 aliphatic heterocycles. The number of carbonyl (C=O) groups excluding carboxylic acids is 2. The molecule has 0 unspecified atom stereocenters. The molecule has 12 heteroatoms. The highest BCUT2D eigenvalue weighted by atomic mass is 35.5. The number of likely N-dealkylation sites (N-methyl/N-ethyl adjacent to an activating group) is 1. The first-order chi connectivity index (χ1) is 19.0. The maximum absolute atomic E-state index is 13.9. The van der Waals surface area contributed by atoms with Crippen LogP contribution in [0.1, 0.15) is 19.4 Å². The van der Waals surface area contributed by atoms with Gasteiger partial charge < -0.3 is 15.0 Å². The van der Waals surface area contributed by atoms with Gasteiger partial charge in [0.25, 0.3) is 10.0 Å². The highest BCUT2D eigenvalue weighted by Gasteiger charge is 2.32. The number of hydrogen-bond acceptors (Lipinski definition) is 6. The standard InChI is InChI=1S/C28H31Cl2N3O5S2/c1-5-38-22-9-7-21(8-10-22)33(40(36,37)24-13-11-23(39-4)12-14-24)18-27(34)32(19(2)28(35)31-3)17-20-6-15-25(29)26(30)16-20/h6-16,19H,5,17-18H2,1-4H3,(H,31,35)/t19-/m0/s1. The van der Waals surface area contributed by atoms with E-state index >= 15 is 0 Å². The summed E-state index contributed by atoms with van der Waals surface area (Å²) < 4.78 is 34.4. The Morgan fingerprint density at radius 3 is 2.20 bits per heavy atom. The molecule has 3 rings (SSSR count). The Morgan fingerprint density at radius 1 is 1.00 bits per heavy atom. The minimum Gasteiger partial charge on any atom is -0.494 e. The molecule has 1 N–H and O–H groups in total. The Balaban J connectivity index is 2.04. The van der Waals surface area contributed by atoms with Crippen molar-refractivity contribution in [1.29, 1.82) is 0 Å². The van der Waals surface area contributed by atoms with E-state index in [2.05, 4.69) is 5.32 Å². The molecule has 3 aromatic rings. The zero-order valence-electron chi connectivity index (χ0n) is 22.6. The van der Waals surface area contributed by atoms with E-state index in [1.807, 2.05) is 13.2 Å². The summed E-state index contributed by atoms with van der Waals surface area (Å²) in [6.45, 7) is 3.32. The number of anilines is 1. The second kappa shape index (κ2) is 14.1. The van der Waals surface area contributed by atoms with Crippen molar-refractivity contribution in [3.05, 3.63) is 82.3 Å². The summed E-state index contributed by atoms with van der Waals surface area (Å²) >= 11 is 13.7. The molecule has 0 heterocycles. The SMILES string of the molecule is CCOc1ccc(N(CC(=O)N(Cc2ccc(Cl)c(Cl)c2)[C@@H](C)C(=O)NC)S(=O)(=O)c2ccc(SC)cc2)cc1. The van der Waals surface area contributed by atoms with E-state index < -0.39 is 34.4 Å². The lowest BCUT2D eigenvalue weighted by Crippen LogP contribution is -2.50. The van der Waals surface area contributed by atoms with Crippen molar-refractivity contribution in [3.8, 4) is 5.75 Å². The van der Waals surface area contributed by atoms with Crippen LogP contribution in [-0.4, -0.2) is 57.6 Å². The second-order valence-electron chi connectivity index (χ2n) is 8.67. The molecule has 0 bridgehead atoms. The summed E-state index contributed by atoms with van der Waals surface area (Å²) in [5.41, 5.74) is 0.898. The van der Waals surface area contributed by atoms with Gasteiger partial charge >= 0.3 is 0 Å². The Bertz CT molecular complexity index is 1440. The number of halogens is 2. The monoisotopic (exact) mass is 623 g/mol. The number of amides is 2. The van der Waals surface area contributed by atoms with Gasteiger partial charge in [-0.05, 0) is 86.3 Å². The summed E-state index contributed by atoms with van der Waals surface area (Å²) in [6, 6.07) is 16.9. The van der Waals surface area contributed by atoms with Crippen molar-refractivity contribution < 1.29 is 22.7 Å². The van der Waals surface area contributed by atoms with E-state index in [1.54, 1.807) is 61.5 Å². The number of thioether (sulfide) groups is 1. The third-order valence-corrected chi connectivity index (χ3v) is 9.38. The van der Waals surface area contributed by atoms with Crippen LogP contribution in [0.4, 0.5) is 5.69 Å². The van der Waals surface area contributed by atoms with Crippen LogP contribution in [0.3, 0.4) is 0 Å². The van der Waals surface area contributed by atoms with Crippen molar-refractivity contribution in [2.24, 2.45) is 0 Å². The zero-order chi connectivity index (χ0) is 29.4. The number of nitrogens with one attached hydrogen (secondary N) is 1. The van der Waals surface area contributed by atoms with E-state index in [4.69, 9.17) is 27.9 Å². The third kappa shape index (κ3) is 7.63. The molecule has 1 atom stereocenters. The summed E-state index contributed by atoms with van der Waals surface area (Å²) in [7, 11) is -2.71. The molecular formula is C28H31Cl2N3O5S2. The highest BCUT2D eigenvalue weighted by Crippen LogP contribution is 2.28. The molecule has 2 amide bonds. The van der Waals surface area contributed by atoms with Gasteiger partial charge in [-0.15, -0.1) is 11.8 Å². The van der Waals surface area contributed by atoms with Crippen molar-refractivity contribution >= 4 is 62.5 Å². The Hall–Kier alpha value is -2.92. The van der Waals surface area contributed by atoms with Crippen LogP contribution < -0.4 is 14.4 Å². The zero-order valence-corrected chi connectivity index (χ0v) is 25.7. The van der Waals surface area contributed by atoms with Gasteiger partial charge in [-0.25, -0.2) is 8.42 Å². The number of rotatable bonds is 12. The number of nitrogens with zero attached hydrogens (tertiary/aromatic N) is 2. The van der Waals surface area contributed by atoms with E-state index in [-0.39, 0.29) is 17.1 Å². The molecule has 0 fully saturated rings. The van der Waals surface area contributed by atoms with Crippen LogP contribution in [-0.2, 0) is 26.2 Å². The lowest BCUT2D eigenvalue weighted by molar-refractivity contribution is -0.139. The lowest BCUT2D eigenvalue weighted by atomic mass is 10.1. The number of sulfonamides is 1. The largest absolute Gasteiger partial charge is 0.494 e. The van der Waals surface area contributed by atoms with E-state index in [0.29, 0.717) is 28.0 Å². The molecule has 0 aliphatic carbocycles. The molecule has 0 aromatic heterocycles. The molecule has 0 radical (unpaired) electrons. The topological polar surface area (TPSA) is 96.0 Å². The van der Waals surface area contributed by atoms with Crippen molar-refractivity contribution in [2.45, 2.75) is 36.2 Å². The molecular weight excluding hydrogens is 593 g/mol. The molecule has 0 spiro atoms. The molecule has 40 heavy (non-hydrogen) atoms. The third-order valence-electron chi connectivity index (χ3n) is 6.11. The van der Waals surface area contributed by atoms with Gasteiger partial charge in [-0.3, -0.25) is 13.9 Å². The van der Waals surface area contributed by atoms with E-state index in [0.717, 1.165) is 9.20 Å². The predicted octanol–water partition coefficient (Wildman–Crippen LogP) is 5.47. The van der Waals surface area contributed by atoms with Crippen LogP contribution in [0.25, 0.3) is 0 Å². The van der Waals surface area contributed by atoms with E-state index in [1.165, 1.54) is 35.8 Å². The maximum atomic E-state index is 13.9. The number of hydrogen-bond donors (Lipinski definition) is 1. The van der Waals surface area contributed by atoms with Crippen LogP contribution in [0, 0.1) is 0 Å². The lowest BCUT2D eigenvalue weighted by Gasteiger charge is -2.32. The Kier molecular flexibility index (Phi) is 11.2. The fourth-order valence-corrected chi connectivity index (χ4v) is 6.05. The van der Waals surface area contributed by atoms with Gasteiger partial charge in [0.2, 0.25) is 11.8 Å². The van der Waals surface area contributed by atoms with Gasteiger partial charge in [0, 0.05) is 18.5 Å². The van der Waals surface area contributed by atoms with Gasteiger partial charge in [0.05, 0.1) is 27.2 Å². The second-order valence-corrected chi connectivity index (χ2v) is 12.2. The van der Waals surface area contributed by atoms with Crippen molar-refractivity contribution in [1.82, 2.24) is 10.2 Å². The summed E-state index contributed by atoms with van der Waals surface area (Å²) in [4.78, 5) is 28.7. The van der Waals surface area contributed by atoms with E-state index in [9.17, 15) is 18.0 Å². The maximum Gasteiger partial charge on any atom is 0.264 e. The van der Waals surface area contributed by atoms with Gasteiger partial charge in [-0.2, -0.15) is 0 Å². The molecule has 214 valence electrons. The molecule has 0 aliphatic rings. The fourth-order valence-electron chi connectivity index (χ4n) is 3.91. The first-order valence-corrected chi connectivity index (χ1v) is 15.8. The van der Waals surface area contributed by atoms with Crippen LogP contribution in [0.5, 0.6) is 5.75 Å². The minimum atomic E-state index is -4.17. The van der Waals surface area contributed by atoms with Crippen LogP contribution >= 0.6 is 35.0 Å². The van der Waals surface area contributed by atoms with Gasteiger partial charge in [-0.1, -0.05) is 29.3 Å². The minimum absolute atomic E-state index is 0.00386. The molecule has 0 saturated heterocycles. The average molecular weight is 625 g/mol. The highest BCUT2D eigenvalue weighted by molar-refractivity contribution is 7.98. The summed E-state index contributed by atoms with van der Waals surface area (Å²) in [5.74, 6) is -0.425. The first kappa shape index (κ1) is 31.6. The molecule has 8 nitrogen and oxygen atoms in total. The molecule has 0 saturated carbocycles. The summed E-state index contributed by atoms with van der Waals surface area (Å²) in [6.07, 6.45) is 1.89. The summed E-state index contributed by atoms with van der Waals surface area (Å²) in [5, 5.41) is 3.20. The Labute approximate surface area is 249 Å². The number of ether oxygens (including phenoxy) is 1. The predicted molar refractivity (Wildman–Crippen MR) is 161 cm³/mol. The Morgan fingerprint density at radius 2 is 1.65 bits per heavy atom. The van der Waals surface area contributed by atoms with Crippen molar-refractivity contribution in [2.75, 3.05) is 30.8 Å². The fraction of sp³-hybridized carbons (Fsp3) is 0.286. The van der Waals surface area contributed by atoms with Crippen LogP contribution in [0.15, 0.2) is 76.5 Å². The molecule has 3 aromatic carbocycles. The van der Waals surface area contributed by atoms with Gasteiger partial charge in [0.1, 0.15) is 18.3 Å². The van der Waals surface area contributed by atoms with Gasteiger partial charge in [0.15, 0.2) is 0 Å². The smallest absolute Gasteiger partial charge is 0.264 e. The quantitative estimate of drug-likeness (QED) is 0.269. The van der Waals surface area contributed by atoms with Crippen LogP contribution in [0.2, 0.25) is 10.0 Å². The average Bonchev–Trinajstić information content (AvgIpc) is 2.96. The normalized spacial score (nSPS) is 11.9. The van der Waals surface area contributed by atoms with Crippen molar-refractivity contribution in [3.63, 3.8) is 0 Å². The number of benzene rings is 3. The first-order valence-electron chi connectivity index (χ1n) is 12.4. The number of carbonyl (C=O) groups is 2.